The molecule has 6 nitrogen and oxygen atoms in total. The lowest BCUT2D eigenvalue weighted by atomic mass is 10.1. The van der Waals surface area contributed by atoms with Crippen LogP contribution in [0, 0.1) is 6.92 Å². The minimum absolute atomic E-state index is 0.0232. The van der Waals surface area contributed by atoms with Gasteiger partial charge in [-0.25, -0.2) is 0 Å². The molecule has 0 unspecified atom stereocenters. The van der Waals surface area contributed by atoms with Crippen LogP contribution in [0.1, 0.15) is 11.3 Å². The van der Waals surface area contributed by atoms with Crippen molar-refractivity contribution in [2.75, 3.05) is 32.8 Å². The molecule has 1 fully saturated rings. The molecule has 3 rings (SSSR count). The van der Waals surface area contributed by atoms with Gasteiger partial charge < -0.3 is 14.5 Å². The number of piperazine rings is 1. The van der Waals surface area contributed by atoms with Gasteiger partial charge in [-0.15, -0.1) is 0 Å². The summed E-state index contributed by atoms with van der Waals surface area (Å²) in [4.78, 5) is 32.5. The summed E-state index contributed by atoms with van der Waals surface area (Å²) in [6.45, 7) is 3.99. The van der Waals surface area contributed by atoms with Crippen molar-refractivity contribution in [3.8, 4) is 5.75 Å². The highest BCUT2D eigenvalue weighted by Gasteiger charge is 2.24. The van der Waals surface area contributed by atoms with E-state index in [2.05, 4.69) is 4.98 Å². The molecule has 0 N–H and O–H groups in total. The van der Waals surface area contributed by atoms with E-state index in [4.69, 9.17) is 16.3 Å². The summed E-state index contributed by atoms with van der Waals surface area (Å²) in [7, 11) is 0. The summed E-state index contributed by atoms with van der Waals surface area (Å²) in [6.07, 6.45) is 2.07. The van der Waals surface area contributed by atoms with Crippen molar-refractivity contribution in [2.24, 2.45) is 0 Å². The molecule has 7 heteroatoms. The fraction of sp³-hybridized carbons (Fsp3) is 0.350. The molecule has 0 radical (unpaired) electrons. The number of hydrogen-bond donors (Lipinski definition) is 0. The maximum Gasteiger partial charge on any atom is 0.260 e. The first kappa shape index (κ1) is 19.2. The van der Waals surface area contributed by atoms with Crippen molar-refractivity contribution in [1.29, 1.82) is 0 Å². The molecule has 0 spiro atoms. The van der Waals surface area contributed by atoms with Gasteiger partial charge in [0, 0.05) is 43.1 Å². The van der Waals surface area contributed by atoms with Crippen LogP contribution in [0.15, 0.2) is 42.6 Å². The van der Waals surface area contributed by atoms with E-state index in [1.165, 1.54) is 0 Å². The van der Waals surface area contributed by atoms with Crippen LogP contribution in [0.4, 0.5) is 0 Å². The number of rotatable bonds is 5. The molecule has 1 aromatic heterocycles. The number of halogens is 1. The molecule has 0 atom stereocenters. The second-order valence-electron chi connectivity index (χ2n) is 6.49. The maximum absolute atomic E-state index is 12.4. The zero-order valence-corrected chi connectivity index (χ0v) is 16.0. The molecular formula is C20H22ClN3O3. The highest BCUT2D eigenvalue weighted by atomic mass is 35.5. The highest BCUT2D eigenvalue weighted by Crippen LogP contribution is 2.15. The van der Waals surface area contributed by atoms with E-state index in [9.17, 15) is 9.59 Å². The summed E-state index contributed by atoms with van der Waals surface area (Å²) < 4.78 is 5.50. The average molecular weight is 388 g/mol. The highest BCUT2D eigenvalue weighted by molar-refractivity contribution is 6.30. The fourth-order valence-electron chi connectivity index (χ4n) is 2.86. The minimum atomic E-state index is -0.0835. The number of hydrogen-bond acceptors (Lipinski definition) is 4. The standard InChI is InChI=1S/C20H22ClN3O3/c1-15-2-3-16(13-22-15)12-19(25)23-8-10-24(11-9-23)20(26)14-27-18-6-4-17(21)5-7-18/h2-7,13H,8-12,14H2,1H3. The molecule has 0 saturated carbocycles. The number of carbonyl (C=O) groups excluding carboxylic acids is 2. The monoisotopic (exact) mass is 387 g/mol. The Balaban J connectivity index is 1.43. The van der Waals surface area contributed by atoms with Crippen LogP contribution in [0.25, 0.3) is 0 Å². The zero-order chi connectivity index (χ0) is 19.2. The molecule has 2 heterocycles. The topological polar surface area (TPSA) is 62.7 Å². The molecule has 142 valence electrons. The third-order valence-corrected chi connectivity index (χ3v) is 4.74. The second-order valence-corrected chi connectivity index (χ2v) is 6.93. The van der Waals surface area contributed by atoms with E-state index in [1.807, 2.05) is 19.1 Å². The summed E-state index contributed by atoms with van der Waals surface area (Å²) in [6, 6.07) is 10.7. The Morgan fingerprint density at radius 1 is 1.00 bits per heavy atom. The van der Waals surface area contributed by atoms with Gasteiger partial charge in [0.1, 0.15) is 5.75 Å². The lowest BCUT2D eigenvalue weighted by Gasteiger charge is -2.34. The smallest absolute Gasteiger partial charge is 0.260 e. The summed E-state index contributed by atoms with van der Waals surface area (Å²) in [5.74, 6) is 0.582. The fourth-order valence-corrected chi connectivity index (χ4v) is 2.99. The summed E-state index contributed by atoms with van der Waals surface area (Å²) in [5.41, 5.74) is 1.83. The number of amides is 2. The molecular weight excluding hydrogens is 366 g/mol. The van der Waals surface area contributed by atoms with Crippen molar-refractivity contribution in [2.45, 2.75) is 13.3 Å². The van der Waals surface area contributed by atoms with E-state index in [0.29, 0.717) is 43.4 Å². The quantitative estimate of drug-likeness (QED) is 0.790. The van der Waals surface area contributed by atoms with Crippen LogP contribution in [0.3, 0.4) is 0 Å². The van der Waals surface area contributed by atoms with Gasteiger partial charge in [-0.2, -0.15) is 0 Å². The molecule has 0 bridgehead atoms. The van der Waals surface area contributed by atoms with Crippen LogP contribution in [-0.4, -0.2) is 59.4 Å². The number of carbonyl (C=O) groups is 2. The van der Waals surface area contributed by atoms with E-state index < -0.39 is 0 Å². The average Bonchev–Trinajstić information content (AvgIpc) is 2.69. The normalized spacial score (nSPS) is 14.1. The summed E-state index contributed by atoms with van der Waals surface area (Å²) in [5, 5.41) is 0.621. The first-order valence-corrected chi connectivity index (χ1v) is 9.24. The Kier molecular flexibility index (Phi) is 6.29. The molecule has 0 aliphatic carbocycles. The largest absolute Gasteiger partial charge is 0.484 e. The van der Waals surface area contributed by atoms with Crippen molar-refractivity contribution in [3.63, 3.8) is 0 Å². The van der Waals surface area contributed by atoms with E-state index in [0.717, 1.165) is 11.3 Å². The van der Waals surface area contributed by atoms with Gasteiger partial charge in [0.2, 0.25) is 5.91 Å². The van der Waals surface area contributed by atoms with E-state index >= 15 is 0 Å². The predicted molar refractivity (Wildman–Crippen MR) is 103 cm³/mol. The molecule has 1 aliphatic heterocycles. The van der Waals surface area contributed by atoms with Gasteiger partial charge >= 0.3 is 0 Å². The van der Waals surface area contributed by atoms with Crippen LogP contribution in [0.5, 0.6) is 5.75 Å². The Morgan fingerprint density at radius 2 is 1.63 bits per heavy atom. The minimum Gasteiger partial charge on any atom is -0.484 e. The second kappa shape index (κ2) is 8.86. The number of aromatic nitrogens is 1. The van der Waals surface area contributed by atoms with Crippen LogP contribution in [0.2, 0.25) is 5.02 Å². The SMILES string of the molecule is Cc1ccc(CC(=O)N2CCN(C(=O)COc3ccc(Cl)cc3)CC2)cn1. The first-order valence-electron chi connectivity index (χ1n) is 8.87. The van der Waals surface area contributed by atoms with Crippen molar-refractivity contribution in [3.05, 3.63) is 58.9 Å². The molecule has 1 aromatic carbocycles. The Hall–Kier alpha value is -2.60. The summed E-state index contributed by atoms with van der Waals surface area (Å²) >= 11 is 5.83. The van der Waals surface area contributed by atoms with Gasteiger partial charge in [0.25, 0.3) is 5.91 Å². The third kappa shape index (κ3) is 5.44. The Labute approximate surface area is 163 Å². The van der Waals surface area contributed by atoms with Gasteiger partial charge in [-0.3, -0.25) is 14.6 Å². The lowest BCUT2D eigenvalue weighted by Crippen LogP contribution is -2.52. The van der Waals surface area contributed by atoms with Gasteiger partial charge in [-0.1, -0.05) is 17.7 Å². The molecule has 2 amide bonds. The molecule has 27 heavy (non-hydrogen) atoms. The maximum atomic E-state index is 12.4. The number of pyridine rings is 1. The Morgan fingerprint density at radius 3 is 2.22 bits per heavy atom. The number of nitrogens with zero attached hydrogens (tertiary/aromatic N) is 3. The van der Waals surface area contributed by atoms with Crippen molar-refractivity contribution in [1.82, 2.24) is 14.8 Å². The Bertz CT molecular complexity index is 785. The third-order valence-electron chi connectivity index (χ3n) is 4.49. The van der Waals surface area contributed by atoms with Gasteiger partial charge in [0.05, 0.1) is 6.42 Å². The van der Waals surface area contributed by atoms with Gasteiger partial charge in [0.15, 0.2) is 6.61 Å². The predicted octanol–water partition coefficient (Wildman–Crippen LogP) is 2.34. The van der Waals surface area contributed by atoms with Crippen LogP contribution >= 0.6 is 11.6 Å². The number of benzene rings is 1. The first-order chi connectivity index (χ1) is 13.0. The van der Waals surface area contributed by atoms with Crippen LogP contribution < -0.4 is 4.74 Å². The van der Waals surface area contributed by atoms with E-state index in [1.54, 1.807) is 40.3 Å². The number of aryl methyl sites for hydroxylation is 1. The molecule has 1 aliphatic rings. The number of ether oxygens (including phenoxy) is 1. The lowest BCUT2D eigenvalue weighted by molar-refractivity contribution is -0.140. The van der Waals surface area contributed by atoms with Crippen molar-refractivity contribution >= 4 is 23.4 Å². The molecule has 2 aromatic rings. The van der Waals surface area contributed by atoms with Crippen LogP contribution in [-0.2, 0) is 16.0 Å². The van der Waals surface area contributed by atoms with E-state index in [-0.39, 0.29) is 18.4 Å². The zero-order valence-electron chi connectivity index (χ0n) is 15.2. The van der Waals surface area contributed by atoms with Crippen molar-refractivity contribution < 1.29 is 14.3 Å². The van der Waals surface area contributed by atoms with Gasteiger partial charge in [-0.05, 0) is 42.8 Å². The molecule has 1 saturated heterocycles.